The lowest BCUT2D eigenvalue weighted by molar-refractivity contribution is 0.243. The third kappa shape index (κ3) is 3.25. The Morgan fingerprint density at radius 3 is 2.50 bits per heavy atom. The SMILES string of the molecule is CCCCO[Si](C)(O)c1ccccc1. The molecule has 0 aliphatic rings. The minimum atomic E-state index is -2.62. The van der Waals surface area contributed by atoms with Gasteiger partial charge in [0.05, 0.1) is 0 Å². The standard InChI is InChI=1S/C11H18O2Si/c1-3-4-10-13-14(2,12)11-8-6-5-7-9-11/h5-9,12H,3-4,10H2,1-2H3. The summed E-state index contributed by atoms with van der Waals surface area (Å²) < 4.78 is 5.55. The lowest BCUT2D eigenvalue weighted by atomic mass is 10.4. The van der Waals surface area contributed by atoms with Crippen LogP contribution < -0.4 is 5.19 Å². The molecule has 0 bridgehead atoms. The molecule has 0 fully saturated rings. The van der Waals surface area contributed by atoms with Crippen molar-refractivity contribution in [1.29, 1.82) is 0 Å². The molecule has 0 radical (unpaired) electrons. The molecule has 1 aromatic rings. The molecule has 0 aliphatic carbocycles. The number of hydrogen-bond acceptors (Lipinski definition) is 2. The molecule has 0 aromatic heterocycles. The van der Waals surface area contributed by atoms with E-state index in [1.807, 2.05) is 36.9 Å². The van der Waals surface area contributed by atoms with E-state index in [4.69, 9.17) is 4.43 Å². The molecular formula is C11H18O2Si. The van der Waals surface area contributed by atoms with Crippen LogP contribution in [-0.4, -0.2) is 20.0 Å². The van der Waals surface area contributed by atoms with Crippen molar-refractivity contribution in [2.75, 3.05) is 6.61 Å². The Morgan fingerprint density at radius 1 is 1.29 bits per heavy atom. The fraction of sp³-hybridized carbons (Fsp3) is 0.455. The van der Waals surface area contributed by atoms with Gasteiger partial charge in [0, 0.05) is 6.61 Å². The van der Waals surface area contributed by atoms with Crippen LogP contribution in [0.15, 0.2) is 30.3 Å². The van der Waals surface area contributed by atoms with Gasteiger partial charge in [-0.1, -0.05) is 43.7 Å². The van der Waals surface area contributed by atoms with Gasteiger partial charge in [-0.15, -0.1) is 0 Å². The lowest BCUT2D eigenvalue weighted by Gasteiger charge is -2.20. The third-order valence-electron chi connectivity index (χ3n) is 2.19. The summed E-state index contributed by atoms with van der Waals surface area (Å²) in [6.45, 7) is 4.59. The minimum Gasteiger partial charge on any atom is -0.407 e. The summed E-state index contributed by atoms with van der Waals surface area (Å²) in [5, 5.41) is 0.941. The molecule has 78 valence electrons. The Kier molecular flexibility index (Phi) is 4.32. The van der Waals surface area contributed by atoms with Gasteiger partial charge in [0.25, 0.3) is 0 Å². The second-order valence-electron chi connectivity index (χ2n) is 3.55. The van der Waals surface area contributed by atoms with Crippen molar-refractivity contribution in [3.05, 3.63) is 30.3 Å². The first-order valence-corrected chi connectivity index (χ1v) is 7.44. The van der Waals surface area contributed by atoms with Gasteiger partial charge >= 0.3 is 8.56 Å². The van der Waals surface area contributed by atoms with Crippen LogP contribution in [0.1, 0.15) is 19.8 Å². The van der Waals surface area contributed by atoms with Gasteiger partial charge in [0.2, 0.25) is 0 Å². The fourth-order valence-electron chi connectivity index (χ4n) is 1.25. The highest BCUT2D eigenvalue weighted by molar-refractivity contribution is 6.78. The van der Waals surface area contributed by atoms with E-state index in [0.717, 1.165) is 18.0 Å². The van der Waals surface area contributed by atoms with Crippen LogP contribution in [0.5, 0.6) is 0 Å². The second kappa shape index (κ2) is 5.29. The van der Waals surface area contributed by atoms with Gasteiger partial charge in [0.1, 0.15) is 0 Å². The molecule has 0 spiro atoms. The van der Waals surface area contributed by atoms with Crippen LogP contribution in [0, 0.1) is 0 Å². The summed E-state index contributed by atoms with van der Waals surface area (Å²) in [6, 6.07) is 9.66. The molecule has 0 aliphatic heterocycles. The predicted molar refractivity (Wildman–Crippen MR) is 60.8 cm³/mol. The number of benzene rings is 1. The van der Waals surface area contributed by atoms with Crippen LogP contribution in [-0.2, 0) is 4.43 Å². The summed E-state index contributed by atoms with van der Waals surface area (Å²) in [5.74, 6) is 0. The van der Waals surface area contributed by atoms with E-state index in [1.165, 1.54) is 0 Å². The van der Waals surface area contributed by atoms with Crippen molar-refractivity contribution in [3.8, 4) is 0 Å². The zero-order chi connectivity index (χ0) is 10.4. The summed E-state index contributed by atoms with van der Waals surface area (Å²) >= 11 is 0. The van der Waals surface area contributed by atoms with Gasteiger partial charge in [-0.3, -0.25) is 0 Å². The number of hydrogen-bond donors (Lipinski definition) is 1. The zero-order valence-corrected chi connectivity index (χ0v) is 9.86. The molecule has 14 heavy (non-hydrogen) atoms. The van der Waals surface area contributed by atoms with Crippen LogP contribution in [0.4, 0.5) is 0 Å². The van der Waals surface area contributed by atoms with Gasteiger partial charge in [-0.2, -0.15) is 0 Å². The van der Waals surface area contributed by atoms with Crippen LogP contribution >= 0.6 is 0 Å². The molecule has 1 rings (SSSR count). The highest BCUT2D eigenvalue weighted by atomic mass is 28.4. The van der Waals surface area contributed by atoms with E-state index in [1.54, 1.807) is 0 Å². The monoisotopic (exact) mass is 210 g/mol. The van der Waals surface area contributed by atoms with Crippen LogP contribution in [0.3, 0.4) is 0 Å². The van der Waals surface area contributed by atoms with E-state index in [9.17, 15) is 4.80 Å². The van der Waals surface area contributed by atoms with Crippen molar-refractivity contribution < 1.29 is 9.22 Å². The van der Waals surface area contributed by atoms with Crippen molar-refractivity contribution in [1.82, 2.24) is 0 Å². The number of unbranched alkanes of at least 4 members (excludes halogenated alkanes) is 1. The molecule has 1 unspecified atom stereocenters. The van der Waals surface area contributed by atoms with Crippen molar-refractivity contribution in [2.45, 2.75) is 26.3 Å². The summed E-state index contributed by atoms with van der Waals surface area (Å²) in [4.78, 5) is 10.1. The Morgan fingerprint density at radius 2 is 1.93 bits per heavy atom. The van der Waals surface area contributed by atoms with Gasteiger partial charge in [-0.05, 0) is 18.2 Å². The highest BCUT2D eigenvalue weighted by Crippen LogP contribution is 2.03. The maximum atomic E-state index is 10.1. The first-order valence-electron chi connectivity index (χ1n) is 5.08. The van der Waals surface area contributed by atoms with Crippen molar-refractivity contribution in [2.24, 2.45) is 0 Å². The third-order valence-corrected chi connectivity index (χ3v) is 4.36. The minimum absolute atomic E-state index is 0.657. The van der Waals surface area contributed by atoms with Gasteiger partial charge in [0.15, 0.2) is 0 Å². The second-order valence-corrected chi connectivity index (χ2v) is 6.38. The molecule has 0 saturated carbocycles. The first-order chi connectivity index (χ1) is 6.67. The molecule has 2 nitrogen and oxygen atoms in total. The molecule has 0 heterocycles. The highest BCUT2D eigenvalue weighted by Gasteiger charge is 2.28. The average Bonchev–Trinajstić information content (AvgIpc) is 2.19. The lowest BCUT2D eigenvalue weighted by Crippen LogP contribution is -2.48. The summed E-state index contributed by atoms with van der Waals surface area (Å²) in [5.41, 5.74) is 0. The van der Waals surface area contributed by atoms with E-state index < -0.39 is 8.56 Å². The number of rotatable bonds is 5. The van der Waals surface area contributed by atoms with Crippen LogP contribution in [0.2, 0.25) is 6.55 Å². The molecule has 0 saturated heterocycles. The first kappa shape index (κ1) is 11.4. The zero-order valence-electron chi connectivity index (χ0n) is 8.86. The normalized spacial score (nSPS) is 15.1. The molecule has 3 heteroatoms. The molecule has 1 N–H and O–H groups in total. The van der Waals surface area contributed by atoms with E-state index in [0.29, 0.717) is 6.61 Å². The smallest absolute Gasteiger partial charge is 0.366 e. The topological polar surface area (TPSA) is 29.5 Å². The van der Waals surface area contributed by atoms with Crippen molar-refractivity contribution >= 4 is 13.7 Å². The molecule has 0 amide bonds. The Labute approximate surface area is 86.8 Å². The summed E-state index contributed by atoms with van der Waals surface area (Å²) in [7, 11) is -2.62. The Bertz CT molecular complexity index is 259. The summed E-state index contributed by atoms with van der Waals surface area (Å²) in [6.07, 6.45) is 2.11. The average molecular weight is 210 g/mol. The molecule has 1 aromatic carbocycles. The quantitative estimate of drug-likeness (QED) is 0.593. The van der Waals surface area contributed by atoms with Crippen LogP contribution in [0.25, 0.3) is 0 Å². The largest absolute Gasteiger partial charge is 0.407 e. The fourth-order valence-corrected chi connectivity index (χ4v) is 2.77. The molecular weight excluding hydrogens is 192 g/mol. The predicted octanol–water partition coefficient (Wildman–Crippen LogP) is 1.77. The Hall–Kier alpha value is -0.643. The van der Waals surface area contributed by atoms with Gasteiger partial charge in [-0.25, -0.2) is 0 Å². The molecule has 1 atom stereocenters. The maximum Gasteiger partial charge on any atom is 0.366 e. The van der Waals surface area contributed by atoms with E-state index in [-0.39, 0.29) is 0 Å². The van der Waals surface area contributed by atoms with Gasteiger partial charge < -0.3 is 9.22 Å². The van der Waals surface area contributed by atoms with E-state index >= 15 is 0 Å². The van der Waals surface area contributed by atoms with E-state index in [2.05, 4.69) is 6.92 Å². The van der Waals surface area contributed by atoms with Crippen molar-refractivity contribution in [3.63, 3.8) is 0 Å². The maximum absolute atomic E-state index is 10.1. The Balaban J connectivity index is 2.56.